The van der Waals surface area contributed by atoms with Crippen molar-refractivity contribution in [3.8, 4) is 11.4 Å². The maximum Gasteiger partial charge on any atom is 0.490 e. The molecular weight excluding hydrogens is 611 g/mol. The molecule has 5 rings (SSSR count). The van der Waals surface area contributed by atoms with E-state index in [0.29, 0.717) is 38.9 Å². The third kappa shape index (κ3) is 8.10. The maximum absolute atomic E-state index is 14.5. The number of aromatic amines is 1. The Morgan fingerprint density at radius 3 is 2.49 bits per heavy atom. The summed E-state index contributed by atoms with van der Waals surface area (Å²) in [6.07, 6.45) is -6.10. The molecule has 0 bridgehead atoms. The van der Waals surface area contributed by atoms with Crippen LogP contribution in [0.4, 0.5) is 35.9 Å². The molecule has 3 N–H and O–H groups in total. The Morgan fingerprint density at radius 2 is 1.93 bits per heavy atom. The molecule has 0 spiro atoms. The SMILES string of the molecule is CN1CCCC1CCc1cc(C(F)(F)F)cc2sc(NCc3ccc(-c4noc(=O)[nH]4)c(F)c3)nc12.O=C(O)C(F)(F)F. The zero-order valence-corrected chi connectivity index (χ0v) is 23.1. The number of carbonyl (C=O) groups is 1. The molecule has 0 amide bonds. The summed E-state index contributed by atoms with van der Waals surface area (Å²) in [6, 6.07) is 7.11. The van der Waals surface area contributed by atoms with E-state index in [1.807, 2.05) is 7.05 Å². The van der Waals surface area contributed by atoms with Gasteiger partial charge in [0, 0.05) is 12.6 Å². The van der Waals surface area contributed by atoms with Gasteiger partial charge >= 0.3 is 24.1 Å². The number of benzene rings is 2. The summed E-state index contributed by atoms with van der Waals surface area (Å²) >= 11 is 1.14. The van der Waals surface area contributed by atoms with E-state index in [1.54, 1.807) is 6.07 Å². The van der Waals surface area contributed by atoms with Gasteiger partial charge in [-0.3, -0.25) is 9.51 Å². The van der Waals surface area contributed by atoms with Crippen molar-refractivity contribution in [2.24, 2.45) is 0 Å². The number of halogens is 7. The molecule has 1 aliphatic rings. The second kappa shape index (κ2) is 12.7. The highest BCUT2D eigenvalue weighted by atomic mass is 32.1. The van der Waals surface area contributed by atoms with Crippen LogP contribution in [0.3, 0.4) is 0 Å². The Hall–Kier alpha value is -3.99. The Morgan fingerprint density at radius 1 is 1.21 bits per heavy atom. The smallest absolute Gasteiger partial charge is 0.475 e. The van der Waals surface area contributed by atoms with Crippen molar-refractivity contribution < 1.29 is 45.2 Å². The van der Waals surface area contributed by atoms with E-state index >= 15 is 0 Å². The van der Waals surface area contributed by atoms with Crippen LogP contribution in [-0.2, 0) is 23.9 Å². The van der Waals surface area contributed by atoms with Gasteiger partial charge < -0.3 is 15.3 Å². The summed E-state index contributed by atoms with van der Waals surface area (Å²) in [5.41, 5.74) is 1.14. The molecule has 232 valence electrons. The van der Waals surface area contributed by atoms with E-state index in [9.17, 15) is 35.5 Å². The molecule has 1 fully saturated rings. The van der Waals surface area contributed by atoms with Crippen LogP contribution in [0.5, 0.6) is 0 Å². The van der Waals surface area contributed by atoms with Crippen LogP contribution < -0.4 is 11.1 Å². The van der Waals surface area contributed by atoms with Crippen LogP contribution in [-0.4, -0.2) is 56.9 Å². The second-order valence-electron chi connectivity index (χ2n) is 9.73. The van der Waals surface area contributed by atoms with Gasteiger partial charge in [-0.2, -0.15) is 26.3 Å². The van der Waals surface area contributed by atoms with Crippen molar-refractivity contribution in [3.63, 3.8) is 0 Å². The van der Waals surface area contributed by atoms with Crippen molar-refractivity contribution >= 4 is 32.7 Å². The molecule has 1 aliphatic heterocycles. The predicted octanol–water partition coefficient (Wildman–Crippen LogP) is 6.07. The lowest BCUT2D eigenvalue weighted by molar-refractivity contribution is -0.192. The molecular formula is C26H24F7N5O4S. The zero-order valence-electron chi connectivity index (χ0n) is 22.3. The van der Waals surface area contributed by atoms with Gasteiger partial charge in [-0.25, -0.2) is 19.0 Å². The third-order valence-corrected chi connectivity index (χ3v) is 7.69. The number of nitrogens with one attached hydrogen (secondary N) is 2. The first kappa shape index (κ1) is 31.9. The molecule has 0 saturated carbocycles. The number of hydrogen-bond donors (Lipinski definition) is 3. The van der Waals surface area contributed by atoms with Crippen LogP contribution in [0.2, 0.25) is 0 Å². The molecule has 1 unspecified atom stereocenters. The average Bonchev–Trinajstić information content (AvgIpc) is 3.65. The number of alkyl halides is 6. The number of H-pyrrole nitrogens is 1. The zero-order chi connectivity index (χ0) is 31.5. The summed E-state index contributed by atoms with van der Waals surface area (Å²) in [5.74, 6) is -4.15. The van der Waals surface area contributed by atoms with Gasteiger partial charge in [0.15, 0.2) is 11.0 Å². The molecule has 43 heavy (non-hydrogen) atoms. The van der Waals surface area contributed by atoms with Crippen molar-refractivity contribution in [2.45, 2.75) is 50.6 Å². The third-order valence-electron chi connectivity index (χ3n) is 6.73. The number of carboxylic acid groups (broad SMARTS) is 1. The normalized spacial score (nSPS) is 15.9. The predicted molar refractivity (Wildman–Crippen MR) is 142 cm³/mol. The van der Waals surface area contributed by atoms with E-state index < -0.39 is 35.5 Å². The number of anilines is 1. The summed E-state index contributed by atoms with van der Waals surface area (Å²) in [4.78, 5) is 29.1. The molecule has 4 aromatic rings. The summed E-state index contributed by atoms with van der Waals surface area (Å²) in [7, 11) is 2.05. The van der Waals surface area contributed by atoms with E-state index in [-0.39, 0.29) is 17.9 Å². The molecule has 2 aromatic carbocycles. The van der Waals surface area contributed by atoms with Crippen LogP contribution >= 0.6 is 11.3 Å². The molecule has 2 aromatic heterocycles. The lowest BCUT2D eigenvalue weighted by Crippen LogP contribution is -2.25. The lowest BCUT2D eigenvalue weighted by atomic mass is 10.0. The van der Waals surface area contributed by atoms with Gasteiger partial charge in [-0.1, -0.05) is 22.6 Å². The van der Waals surface area contributed by atoms with Gasteiger partial charge in [0.1, 0.15) is 5.82 Å². The molecule has 0 radical (unpaired) electrons. The van der Waals surface area contributed by atoms with Gasteiger partial charge in [0.2, 0.25) is 0 Å². The van der Waals surface area contributed by atoms with Crippen molar-refractivity contribution in [2.75, 3.05) is 18.9 Å². The van der Waals surface area contributed by atoms with Crippen LogP contribution in [0, 0.1) is 5.82 Å². The van der Waals surface area contributed by atoms with Crippen LogP contribution in [0.15, 0.2) is 39.6 Å². The Labute approximate surface area is 242 Å². The number of carboxylic acids is 1. The van der Waals surface area contributed by atoms with Crippen molar-refractivity contribution in [1.82, 2.24) is 20.0 Å². The number of rotatable bonds is 7. The fourth-order valence-corrected chi connectivity index (χ4v) is 5.53. The number of fused-ring (bicyclic) bond motifs is 1. The first-order chi connectivity index (χ1) is 20.1. The standard InChI is InChI=1S/C24H23F4N5O2S.C2HF3O2/c1-33-8-2-3-16(33)6-5-14-10-15(24(26,27)28)11-19-20(14)30-22(36-19)29-12-13-4-7-17(18(25)9-13)21-31-23(34)35-32-21;3-2(4,5)1(6)7/h4,7,9-11,16H,2-3,5-6,8,12H2,1H3,(H,29,30)(H,31,32,34);(H,6,7). The van der Waals surface area contributed by atoms with Gasteiger partial charge in [0.05, 0.1) is 21.3 Å². The Kier molecular flexibility index (Phi) is 9.44. The van der Waals surface area contributed by atoms with Gasteiger partial charge in [0.25, 0.3) is 0 Å². The quantitative estimate of drug-likeness (QED) is 0.209. The Bertz CT molecular complexity index is 1650. The number of hydrogen-bond acceptors (Lipinski definition) is 8. The van der Waals surface area contributed by atoms with Gasteiger partial charge in [-0.15, -0.1) is 0 Å². The fraction of sp³-hybridized carbons (Fsp3) is 0.385. The minimum Gasteiger partial charge on any atom is -0.475 e. The molecule has 0 aliphatic carbocycles. The highest BCUT2D eigenvalue weighted by molar-refractivity contribution is 7.22. The average molecular weight is 636 g/mol. The topological polar surface area (TPSA) is 124 Å². The molecule has 1 saturated heterocycles. The molecule has 3 heterocycles. The highest BCUT2D eigenvalue weighted by Crippen LogP contribution is 2.37. The number of aryl methyl sites for hydroxylation is 1. The molecule has 17 heteroatoms. The van der Waals surface area contributed by atoms with Crippen LogP contribution in [0.1, 0.15) is 36.0 Å². The number of aliphatic carboxylic acids is 1. The maximum atomic E-state index is 14.5. The first-order valence-electron chi connectivity index (χ1n) is 12.7. The monoisotopic (exact) mass is 635 g/mol. The highest BCUT2D eigenvalue weighted by Gasteiger charge is 2.38. The summed E-state index contributed by atoms with van der Waals surface area (Å²) < 4.78 is 91.8. The number of aromatic nitrogens is 3. The van der Waals surface area contributed by atoms with Crippen LogP contribution in [0.25, 0.3) is 21.6 Å². The first-order valence-corrected chi connectivity index (χ1v) is 13.5. The van der Waals surface area contributed by atoms with E-state index in [0.717, 1.165) is 43.2 Å². The van der Waals surface area contributed by atoms with Crippen molar-refractivity contribution in [3.05, 3.63) is 63.4 Å². The number of nitrogens with zero attached hydrogens (tertiary/aromatic N) is 3. The van der Waals surface area contributed by atoms with E-state index in [2.05, 4.69) is 29.9 Å². The summed E-state index contributed by atoms with van der Waals surface area (Å²) in [6.45, 7) is 1.21. The number of likely N-dealkylation sites (tertiary alicyclic amines) is 1. The molecule has 9 nitrogen and oxygen atoms in total. The minimum absolute atomic E-state index is 0.0139. The lowest BCUT2D eigenvalue weighted by Gasteiger charge is -2.19. The van der Waals surface area contributed by atoms with E-state index in [4.69, 9.17) is 9.90 Å². The summed E-state index contributed by atoms with van der Waals surface area (Å²) in [5, 5.41) is 14.1. The minimum atomic E-state index is -5.08. The van der Waals surface area contributed by atoms with Gasteiger partial charge in [-0.05, 0) is 74.7 Å². The largest absolute Gasteiger partial charge is 0.490 e. The fourth-order valence-electron chi connectivity index (χ4n) is 4.58. The Balaban J connectivity index is 0.000000541. The van der Waals surface area contributed by atoms with Crippen molar-refractivity contribution in [1.29, 1.82) is 0 Å². The number of thiazole rings is 1. The second-order valence-corrected chi connectivity index (χ2v) is 10.8. The van der Waals surface area contributed by atoms with E-state index in [1.165, 1.54) is 18.2 Å². The molecule has 1 atom stereocenters.